The Kier molecular flexibility index (Phi) is 3.24. The molecule has 1 fully saturated rings. The number of nitrogens with one attached hydrogen (secondary N) is 1. The highest BCUT2D eigenvalue weighted by atomic mass is 16.2. The van der Waals surface area contributed by atoms with Crippen molar-refractivity contribution in [1.82, 2.24) is 10.2 Å². The fourth-order valence-corrected chi connectivity index (χ4v) is 2.81. The van der Waals surface area contributed by atoms with E-state index in [1.54, 1.807) is 0 Å². The molecule has 0 aromatic heterocycles. The minimum atomic E-state index is -1.16. The van der Waals surface area contributed by atoms with Crippen LogP contribution in [0.25, 0.3) is 0 Å². The second kappa shape index (κ2) is 4.55. The summed E-state index contributed by atoms with van der Waals surface area (Å²) in [4.78, 5) is 37.1. The Morgan fingerprint density at radius 3 is 2.61 bits per heavy atom. The Balaban J connectivity index is 2.46. The molecular formula is C13H18N2O3. The molecule has 0 aromatic carbocycles. The van der Waals surface area contributed by atoms with Gasteiger partial charge in [0.05, 0.1) is 0 Å². The van der Waals surface area contributed by atoms with Crippen LogP contribution in [0.15, 0.2) is 11.6 Å². The summed E-state index contributed by atoms with van der Waals surface area (Å²) in [6, 6.07) is -0.634. The molecule has 1 saturated heterocycles. The summed E-state index contributed by atoms with van der Waals surface area (Å²) in [6.45, 7) is 1.82. The van der Waals surface area contributed by atoms with E-state index in [-0.39, 0.29) is 0 Å². The van der Waals surface area contributed by atoms with E-state index in [9.17, 15) is 14.4 Å². The number of hydrogen-bond acceptors (Lipinski definition) is 3. The number of hydrogen-bond donors (Lipinski definition) is 1. The summed E-state index contributed by atoms with van der Waals surface area (Å²) >= 11 is 0. The third kappa shape index (κ3) is 1.65. The second-order valence-corrected chi connectivity index (χ2v) is 4.86. The van der Waals surface area contributed by atoms with Crippen molar-refractivity contribution in [3.63, 3.8) is 0 Å². The predicted molar refractivity (Wildman–Crippen MR) is 65.6 cm³/mol. The average molecular weight is 250 g/mol. The molecule has 1 atom stereocenters. The monoisotopic (exact) mass is 250 g/mol. The fourth-order valence-electron chi connectivity index (χ4n) is 2.81. The van der Waals surface area contributed by atoms with Crippen LogP contribution < -0.4 is 5.32 Å². The van der Waals surface area contributed by atoms with Crippen LogP contribution in [0.5, 0.6) is 0 Å². The first-order valence-corrected chi connectivity index (χ1v) is 6.37. The molecule has 2 rings (SSSR count). The van der Waals surface area contributed by atoms with Crippen molar-refractivity contribution in [2.24, 2.45) is 5.41 Å². The lowest BCUT2D eigenvalue weighted by Gasteiger charge is -2.39. The molecule has 1 N–H and O–H groups in total. The molecule has 18 heavy (non-hydrogen) atoms. The van der Waals surface area contributed by atoms with E-state index in [1.165, 1.54) is 7.05 Å². The highest BCUT2D eigenvalue weighted by Crippen LogP contribution is 2.40. The number of nitrogens with zero attached hydrogens (tertiary/aromatic N) is 1. The fraction of sp³-hybridized carbons (Fsp3) is 0.615. The molecule has 2 aliphatic rings. The van der Waals surface area contributed by atoms with Crippen molar-refractivity contribution in [1.29, 1.82) is 0 Å². The van der Waals surface area contributed by atoms with Gasteiger partial charge in [-0.05, 0) is 37.7 Å². The molecule has 0 aromatic rings. The van der Waals surface area contributed by atoms with Crippen molar-refractivity contribution in [2.45, 2.75) is 39.0 Å². The van der Waals surface area contributed by atoms with Crippen LogP contribution in [0, 0.1) is 5.41 Å². The predicted octanol–water partition coefficient (Wildman–Crippen LogP) is 1.59. The molecule has 1 aliphatic heterocycles. The van der Waals surface area contributed by atoms with Gasteiger partial charge in [0, 0.05) is 7.05 Å². The van der Waals surface area contributed by atoms with Crippen molar-refractivity contribution in [3.05, 3.63) is 11.6 Å². The van der Waals surface area contributed by atoms with E-state index in [4.69, 9.17) is 0 Å². The van der Waals surface area contributed by atoms with E-state index in [0.29, 0.717) is 6.42 Å². The summed E-state index contributed by atoms with van der Waals surface area (Å²) in [5, 5.41) is 2.28. The number of imide groups is 2. The van der Waals surface area contributed by atoms with Crippen LogP contribution in [0.3, 0.4) is 0 Å². The quantitative estimate of drug-likeness (QED) is 0.598. The molecule has 0 saturated carbocycles. The van der Waals surface area contributed by atoms with E-state index in [1.807, 2.05) is 13.0 Å². The molecule has 5 nitrogen and oxygen atoms in total. The molecule has 1 unspecified atom stereocenters. The van der Waals surface area contributed by atoms with Gasteiger partial charge in [-0.3, -0.25) is 19.8 Å². The number of carbonyl (C=O) groups is 3. The van der Waals surface area contributed by atoms with Crippen LogP contribution in [-0.2, 0) is 9.59 Å². The first kappa shape index (κ1) is 12.8. The van der Waals surface area contributed by atoms with Crippen molar-refractivity contribution < 1.29 is 14.4 Å². The van der Waals surface area contributed by atoms with Gasteiger partial charge in [-0.25, -0.2) is 4.79 Å². The van der Waals surface area contributed by atoms with Crippen molar-refractivity contribution in [3.8, 4) is 0 Å². The highest BCUT2D eigenvalue weighted by molar-refractivity contribution is 6.20. The standard InChI is InChI=1S/C13H18N2O3/c1-3-13(9-7-5-4-6-8-9)10(16)14-12(18)15(2)11(13)17/h7H,3-6,8H2,1-2H3,(H,14,16,18). The maximum atomic E-state index is 12.4. The minimum absolute atomic E-state index is 0.390. The topological polar surface area (TPSA) is 66.5 Å². The first-order chi connectivity index (χ1) is 8.54. The van der Waals surface area contributed by atoms with Crippen LogP contribution in [-0.4, -0.2) is 29.8 Å². The van der Waals surface area contributed by atoms with Gasteiger partial charge in [0.25, 0.3) is 0 Å². The van der Waals surface area contributed by atoms with Gasteiger partial charge in [0.1, 0.15) is 5.41 Å². The molecule has 0 spiro atoms. The second-order valence-electron chi connectivity index (χ2n) is 4.86. The van der Waals surface area contributed by atoms with Crippen LogP contribution >= 0.6 is 0 Å². The SMILES string of the molecule is CCC1(C2=CCCCC2)C(=O)NC(=O)N(C)C1=O. The average Bonchev–Trinajstić information content (AvgIpc) is 2.39. The van der Waals surface area contributed by atoms with Crippen LogP contribution in [0.1, 0.15) is 39.0 Å². The minimum Gasteiger partial charge on any atom is -0.276 e. The molecule has 98 valence electrons. The first-order valence-electron chi connectivity index (χ1n) is 6.37. The third-order valence-electron chi connectivity index (χ3n) is 3.95. The zero-order chi connectivity index (χ0) is 13.3. The van der Waals surface area contributed by atoms with Gasteiger partial charge in [-0.2, -0.15) is 0 Å². The normalized spacial score (nSPS) is 29.1. The lowest BCUT2D eigenvalue weighted by Crippen LogP contribution is -2.63. The highest BCUT2D eigenvalue weighted by Gasteiger charge is 2.53. The molecule has 0 bridgehead atoms. The van der Waals surface area contributed by atoms with Gasteiger partial charge in [0.2, 0.25) is 11.8 Å². The Labute approximate surface area is 106 Å². The Morgan fingerprint density at radius 2 is 2.06 bits per heavy atom. The lowest BCUT2D eigenvalue weighted by atomic mass is 9.71. The molecular weight excluding hydrogens is 232 g/mol. The van der Waals surface area contributed by atoms with E-state index in [0.717, 1.165) is 36.2 Å². The summed E-state index contributed by atoms with van der Waals surface area (Å²) in [5.41, 5.74) is -0.290. The van der Waals surface area contributed by atoms with Crippen molar-refractivity contribution in [2.75, 3.05) is 7.05 Å². The smallest absolute Gasteiger partial charge is 0.276 e. The van der Waals surface area contributed by atoms with Gasteiger partial charge < -0.3 is 0 Å². The molecule has 0 radical (unpaired) electrons. The van der Waals surface area contributed by atoms with Gasteiger partial charge in [-0.15, -0.1) is 0 Å². The van der Waals surface area contributed by atoms with Crippen LogP contribution in [0.4, 0.5) is 4.79 Å². The molecule has 4 amide bonds. The number of allylic oxidation sites excluding steroid dienone is 1. The van der Waals surface area contributed by atoms with Gasteiger partial charge in [-0.1, -0.05) is 13.0 Å². The molecule has 5 heteroatoms. The number of rotatable bonds is 2. The van der Waals surface area contributed by atoms with E-state index < -0.39 is 23.3 Å². The Hall–Kier alpha value is -1.65. The van der Waals surface area contributed by atoms with Crippen LogP contribution in [0.2, 0.25) is 0 Å². The summed E-state index contributed by atoms with van der Waals surface area (Å²) < 4.78 is 0. The maximum absolute atomic E-state index is 12.4. The Morgan fingerprint density at radius 1 is 1.33 bits per heavy atom. The number of amides is 4. The number of carbonyl (C=O) groups excluding carboxylic acids is 3. The van der Waals surface area contributed by atoms with Gasteiger partial charge >= 0.3 is 6.03 Å². The third-order valence-corrected chi connectivity index (χ3v) is 3.95. The van der Waals surface area contributed by atoms with Gasteiger partial charge in [0.15, 0.2) is 0 Å². The molecule has 1 heterocycles. The van der Waals surface area contributed by atoms with Crippen molar-refractivity contribution >= 4 is 17.8 Å². The largest absolute Gasteiger partial charge is 0.330 e. The zero-order valence-corrected chi connectivity index (χ0v) is 10.8. The lowest BCUT2D eigenvalue weighted by molar-refractivity contribution is -0.148. The Bertz CT molecular complexity index is 442. The summed E-state index contributed by atoms with van der Waals surface area (Å²) in [7, 11) is 1.41. The van der Waals surface area contributed by atoms with E-state index >= 15 is 0 Å². The number of urea groups is 1. The van der Waals surface area contributed by atoms with E-state index in [2.05, 4.69) is 5.32 Å². The number of barbiturate groups is 1. The summed E-state index contributed by atoms with van der Waals surface area (Å²) in [6.07, 6.45) is 6.12. The summed E-state index contributed by atoms with van der Waals surface area (Å²) in [5.74, 6) is -0.863. The maximum Gasteiger partial charge on any atom is 0.330 e. The molecule has 1 aliphatic carbocycles. The zero-order valence-electron chi connectivity index (χ0n) is 10.8.